The van der Waals surface area contributed by atoms with Crippen LogP contribution in [0.3, 0.4) is 0 Å². The van der Waals surface area contributed by atoms with Crippen molar-refractivity contribution in [1.82, 2.24) is 5.32 Å². The van der Waals surface area contributed by atoms with Gasteiger partial charge in [-0.05, 0) is 23.8 Å². The largest absolute Gasteiger partial charge is 0.475 e. The van der Waals surface area contributed by atoms with Crippen LogP contribution in [-0.2, 0) is 4.74 Å². The molecule has 0 saturated heterocycles. The van der Waals surface area contributed by atoms with E-state index in [1.165, 1.54) is 5.56 Å². The first-order valence-electron chi connectivity index (χ1n) is 6.57. The zero-order chi connectivity index (χ0) is 13.2. The van der Waals surface area contributed by atoms with Gasteiger partial charge in [0.25, 0.3) is 0 Å². The first-order chi connectivity index (χ1) is 9.24. The van der Waals surface area contributed by atoms with Gasteiger partial charge in [0.2, 0.25) is 0 Å². The topological polar surface area (TPSA) is 47.3 Å². The average Bonchev–Trinajstić information content (AvgIpc) is 2.89. The molecule has 0 fully saturated rings. The van der Waals surface area contributed by atoms with Crippen molar-refractivity contribution in [2.45, 2.75) is 6.92 Å². The number of ether oxygens (including phenoxy) is 1. The highest BCUT2D eigenvalue weighted by Crippen LogP contribution is 2.33. The van der Waals surface area contributed by atoms with Crippen LogP contribution in [0.5, 0.6) is 0 Å². The highest BCUT2D eigenvalue weighted by Gasteiger charge is 2.27. The Kier molecular flexibility index (Phi) is 3.03. The Labute approximate surface area is 113 Å². The quantitative estimate of drug-likeness (QED) is 0.798. The van der Waals surface area contributed by atoms with Gasteiger partial charge in [-0.1, -0.05) is 37.3 Å². The first-order valence-corrected chi connectivity index (χ1v) is 6.57. The van der Waals surface area contributed by atoms with E-state index in [-0.39, 0.29) is 0 Å². The van der Waals surface area contributed by atoms with Crippen LogP contribution >= 0.6 is 0 Å². The maximum atomic E-state index is 5.68. The lowest BCUT2D eigenvalue weighted by Crippen LogP contribution is -2.15. The second-order valence-corrected chi connectivity index (χ2v) is 4.99. The van der Waals surface area contributed by atoms with Gasteiger partial charge in [-0.15, -0.1) is 0 Å². The molecule has 3 heteroatoms. The standard InChI is InChI=1S/C16H18N2O/c1-11-13(6-9-15-16(11)19-10-18-15)5-2-12-3-7-14(17)8-4-12/h2-9,11,13,18H,10,17H2,1H3/b5-2+. The first kappa shape index (κ1) is 11.9. The van der Waals surface area contributed by atoms with Crippen molar-refractivity contribution in [3.8, 4) is 0 Å². The van der Waals surface area contributed by atoms with E-state index in [1.807, 2.05) is 24.3 Å². The Hall–Kier alpha value is -2.16. The monoisotopic (exact) mass is 254 g/mol. The molecule has 1 aliphatic heterocycles. The predicted octanol–water partition coefficient (Wildman–Crippen LogP) is 2.89. The van der Waals surface area contributed by atoms with Gasteiger partial charge in [0.15, 0.2) is 6.73 Å². The van der Waals surface area contributed by atoms with Gasteiger partial charge < -0.3 is 15.8 Å². The Morgan fingerprint density at radius 1 is 1.32 bits per heavy atom. The van der Waals surface area contributed by atoms with Gasteiger partial charge in [0, 0.05) is 17.5 Å². The van der Waals surface area contributed by atoms with Crippen LogP contribution in [0.4, 0.5) is 5.69 Å². The number of benzene rings is 1. The number of allylic oxidation sites excluding steroid dienone is 4. The smallest absolute Gasteiger partial charge is 0.158 e. The van der Waals surface area contributed by atoms with Crippen LogP contribution in [-0.4, -0.2) is 6.73 Å². The minimum Gasteiger partial charge on any atom is -0.475 e. The van der Waals surface area contributed by atoms with Crippen LogP contribution in [0.2, 0.25) is 0 Å². The fourth-order valence-electron chi connectivity index (χ4n) is 2.48. The minimum atomic E-state index is 0.371. The van der Waals surface area contributed by atoms with Gasteiger partial charge in [-0.2, -0.15) is 0 Å². The summed E-state index contributed by atoms with van der Waals surface area (Å²) in [6.07, 6.45) is 8.69. The third kappa shape index (κ3) is 2.36. The Morgan fingerprint density at radius 3 is 2.89 bits per heavy atom. The van der Waals surface area contributed by atoms with Crippen LogP contribution < -0.4 is 11.1 Å². The molecule has 1 aromatic carbocycles. The molecule has 2 aliphatic rings. The molecule has 19 heavy (non-hydrogen) atoms. The minimum absolute atomic E-state index is 0.371. The molecule has 98 valence electrons. The second-order valence-electron chi connectivity index (χ2n) is 4.99. The van der Waals surface area contributed by atoms with Crippen LogP contribution in [0.15, 0.2) is 53.9 Å². The second kappa shape index (κ2) is 4.84. The maximum absolute atomic E-state index is 5.68. The average molecular weight is 254 g/mol. The SMILES string of the molecule is CC1C2=C(C=CC1/C=C/c1ccc(N)cc1)NCO2. The molecule has 3 rings (SSSR count). The molecule has 0 bridgehead atoms. The van der Waals surface area contributed by atoms with Gasteiger partial charge in [-0.3, -0.25) is 0 Å². The summed E-state index contributed by atoms with van der Waals surface area (Å²) >= 11 is 0. The fraction of sp³-hybridized carbons (Fsp3) is 0.250. The summed E-state index contributed by atoms with van der Waals surface area (Å²) in [5.74, 6) is 1.82. The van der Waals surface area contributed by atoms with E-state index in [2.05, 4.69) is 36.5 Å². The van der Waals surface area contributed by atoms with E-state index in [9.17, 15) is 0 Å². The molecule has 0 saturated carbocycles. The zero-order valence-electron chi connectivity index (χ0n) is 11.0. The lowest BCUT2D eigenvalue weighted by molar-refractivity contribution is 0.194. The molecular formula is C16H18N2O. The molecule has 3 nitrogen and oxygen atoms in total. The van der Waals surface area contributed by atoms with Crippen molar-refractivity contribution in [3.63, 3.8) is 0 Å². The number of rotatable bonds is 2. The Balaban J connectivity index is 1.74. The highest BCUT2D eigenvalue weighted by atomic mass is 16.5. The Morgan fingerprint density at radius 2 is 2.11 bits per heavy atom. The summed E-state index contributed by atoms with van der Waals surface area (Å²) in [6.45, 7) is 2.79. The van der Waals surface area contributed by atoms with E-state index in [1.54, 1.807) is 0 Å². The van der Waals surface area contributed by atoms with E-state index >= 15 is 0 Å². The van der Waals surface area contributed by atoms with Gasteiger partial charge in [0.1, 0.15) is 5.76 Å². The Bertz CT molecular complexity index is 555. The van der Waals surface area contributed by atoms with Crippen LogP contribution in [0.25, 0.3) is 6.08 Å². The van der Waals surface area contributed by atoms with E-state index < -0.39 is 0 Å². The van der Waals surface area contributed by atoms with Crippen molar-refractivity contribution in [3.05, 3.63) is 59.5 Å². The van der Waals surface area contributed by atoms with Crippen molar-refractivity contribution in [1.29, 1.82) is 0 Å². The predicted molar refractivity (Wildman–Crippen MR) is 77.8 cm³/mol. The summed E-state index contributed by atoms with van der Waals surface area (Å²) in [4.78, 5) is 0. The molecule has 0 spiro atoms. The molecule has 1 heterocycles. The van der Waals surface area contributed by atoms with Crippen LogP contribution in [0.1, 0.15) is 12.5 Å². The lowest BCUT2D eigenvalue weighted by atomic mass is 9.86. The molecule has 0 radical (unpaired) electrons. The molecule has 1 aliphatic carbocycles. The van der Waals surface area contributed by atoms with Crippen molar-refractivity contribution < 1.29 is 4.74 Å². The van der Waals surface area contributed by atoms with Gasteiger partial charge >= 0.3 is 0 Å². The number of hydrogen-bond acceptors (Lipinski definition) is 3. The maximum Gasteiger partial charge on any atom is 0.158 e. The summed E-state index contributed by atoms with van der Waals surface area (Å²) in [5.41, 5.74) is 8.77. The van der Waals surface area contributed by atoms with E-state index in [0.29, 0.717) is 18.6 Å². The third-order valence-electron chi connectivity index (χ3n) is 3.68. The third-order valence-corrected chi connectivity index (χ3v) is 3.68. The highest BCUT2D eigenvalue weighted by molar-refractivity contribution is 5.54. The van der Waals surface area contributed by atoms with Gasteiger partial charge in [0.05, 0.1) is 5.70 Å². The summed E-state index contributed by atoms with van der Waals surface area (Å²) in [5, 5.41) is 3.22. The number of nitrogen functional groups attached to an aromatic ring is 1. The lowest BCUT2D eigenvalue weighted by Gasteiger charge is -2.22. The van der Waals surface area contributed by atoms with Gasteiger partial charge in [-0.25, -0.2) is 0 Å². The summed E-state index contributed by atoms with van der Waals surface area (Å²) in [7, 11) is 0. The molecule has 3 N–H and O–H groups in total. The summed E-state index contributed by atoms with van der Waals surface area (Å²) in [6, 6.07) is 7.90. The molecular weight excluding hydrogens is 236 g/mol. The van der Waals surface area contributed by atoms with Crippen molar-refractivity contribution in [2.24, 2.45) is 11.8 Å². The molecule has 1 aromatic rings. The fourth-order valence-corrected chi connectivity index (χ4v) is 2.48. The van der Waals surface area contributed by atoms with Crippen molar-refractivity contribution in [2.75, 3.05) is 12.5 Å². The van der Waals surface area contributed by atoms with E-state index in [0.717, 1.165) is 17.1 Å². The number of anilines is 1. The zero-order valence-corrected chi connectivity index (χ0v) is 11.0. The molecule has 2 unspecified atom stereocenters. The van der Waals surface area contributed by atoms with Crippen molar-refractivity contribution >= 4 is 11.8 Å². The summed E-state index contributed by atoms with van der Waals surface area (Å²) < 4.78 is 5.63. The van der Waals surface area contributed by atoms with E-state index in [4.69, 9.17) is 10.5 Å². The molecule has 0 amide bonds. The normalized spacial score (nSPS) is 25.3. The number of nitrogens with two attached hydrogens (primary N) is 1. The number of hydrogen-bond donors (Lipinski definition) is 2. The molecule has 0 aromatic heterocycles. The number of nitrogens with one attached hydrogen (secondary N) is 1. The molecule has 2 atom stereocenters. The van der Waals surface area contributed by atoms with Crippen LogP contribution in [0, 0.1) is 11.8 Å².